The fourth-order valence-corrected chi connectivity index (χ4v) is 2.61. The van der Waals surface area contributed by atoms with Crippen LogP contribution >= 0.6 is 0 Å². The van der Waals surface area contributed by atoms with Crippen LogP contribution in [0.1, 0.15) is 53.4 Å². The van der Waals surface area contributed by atoms with Crippen molar-refractivity contribution in [1.82, 2.24) is 10.2 Å². The summed E-state index contributed by atoms with van der Waals surface area (Å²) >= 11 is 0. The SMILES string of the molecule is CC(C)CNCCC(C)N1CCCC(C)CC1. The van der Waals surface area contributed by atoms with Crippen molar-refractivity contribution in [3.05, 3.63) is 0 Å². The van der Waals surface area contributed by atoms with Crippen LogP contribution < -0.4 is 5.32 Å². The Balaban J connectivity index is 2.15. The van der Waals surface area contributed by atoms with E-state index in [-0.39, 0.29) is 0 Å². The van der Waals surface area contributed by atoms with Crippen LogP contribution in [-0.4, -0.2) is 37.1 Å². The molecule has 1 aliphatic heterocycles. The van der Waals surface area contributed by atoms with Crippen LogP contribution in [0.15, 0.2) is 0 Å². The lowest BCUT2D eigenvalue weighted by Gasteiger charge is -2.27. The van der Waals surface area contributed by atoms with Gasteiger partial charge in [-0.3, -0.25) is 0 Å². The summed E-state index contributed by atoms with van der Waals surface area (Å²) in [6.45, 7) is 14.3. The van der Waals surface area contributed by atoms with Gasteiger partial charge in [0.1, 0.15) is 0 Å². The minimum Gasteiger partial charge on any atom is -0.316 e. The number of hydrogen-bond donors (Lipinski definition) is 1. The van der Waals surface area contributed by atoms with E-state index < -0.39 is 0 Å². The number of nitrogens with zero attached hydrogens (tertiary/aromatic N) is 1. The number of hydrogen-bond acceptors (Lipinski definition) is 2. The minimum absolute atomic E-state index is 0.750. The van der Waals surface area contributed by atoms with E-state index in [0.717, 1.165) is 24.4 Å². The quantitative estimate of drug-likeness (QED) is 0.718. The molecular weight excluding hydrogens is 208 g/mol. The van der Waals surface area contributed by atoms with Crippen molar-refractivity contribution in [2.45, 2.75) is 59.4 Å². The van der Waals surface area contributed by atoms with E-state index in [1.54, 1.807) is 0 Å². The molecule has 0 aromatic carbocycles. The van der Waals surface area contributed by atoms with Gasteiger partial charge in [0.25, 0.3) is 0 Å². The van der Waals surface area contributed by atoms with Crippen LogP contribution in [0.2, 0.25) is 0 Å². The zero-order chi connectivity index (χ0) is 12.7. The van der Waals surface area contributed by atoms with E-state index >= 15 is 0 Å². The lowest BCUT2D eigenvalue weighted by Crippen LogP contribution is -2.36. The van der Waals surface area contributed by atoms with E-state index in [9.17, 15) is 0 Å². The molecule has 1 rings (SSSR count). The van der Waals surface area contributed by atoms with Crippen molar-refractivity contribution in [2.75, 3.05) is 26.2 Å². The van der Waals surface area contributed by atoms with Crippen LogP contribution in [0.4, 0.5) is 0 Å². The van der Waals surface area contributed by atoms with Gasteiger partial charge in [-0.1, -0.05) is 20.8 Å². The topological polar surface area (TPSA) is 15.3 Å². The highest BCUT2D eigenvalue weighted by atomic mass is 15.1. The molecule has 1 saturated heterocycles. The van der Waals surface area contributed by atoms with Crippen LogP contribution in [0.5, 0.6) is 0 Å². The first-order valence-corrected chi connectivity index (χ1v) is 7.54. The van der Waals surface area contributed by atoms with Crippen LogP contribution in [-0.2, 0) is 0 Å². The first-order valence-electron chi connectivity index (χ1n) is 7.54. The Morgan fingerprint density at radius 1 is 1.18 bits per heavy atom. The van der Waals surface area contributed by atoms with Gasteiger partial charge in [0.05, 0.1) is 0 Å². The van der Waals surface area contributed by atoms with Gasteiger partial charge < -0.3 is 10.2 Å². The van der Waals surface area contributed by atoms with E-state index in [2.05, 4.69) is 37.9 Å². The highest BCUT2D eigenvalue weighted by molar-refractivity contribution is 4.73. The summed E-state index contributed by atoms with van der Waals surface area (Å²) < 4.78 is 0. The molecule has 0 aromatic rings. The molecule has 2 heteroatoms. The second-order valence-corrected chi connectivity index (χ2v) is 6.31. The molecule has 17 heavy (non-hydrogen) atoms. The van der Waals surface area contributed by atoms with Crippen molar-refractivity contribution < 1.29 is 0 Å². The first kappa shape index (κ1) is 15.0. The molecule has 0 saturated carbocycles. The summed E-state index contributed by atoms with van der Waals surface area (Å²) in [6, 6.07) is 0.750. The summed E-state index contributed by atoms with van der Waals surface area (Å²) in [5.41, 5.74) is 0. The normalized spacial score (nSPS) is 24.9. The summed E-state index contributed by atoms with van der Waals surface area (Å²) in [5, 5.41) is 3.55. The maximum atomic E-state index is 3.55. The van der Waals surface area contributed by atoms with Gasteiger partial charge in [-0.15, -0.1) is 0 Å². The predicted molar refractivity (Wildman–Crippen MR) is 76.4 cm³/mol. The standard InChI is InChI=1S/C15H32N2/c1-13(2)12-16-9-7-15(4)17-10-5-6-14(3)8-11-17/h13-16H,5-12H2,1-4H3. The van der Waals surface area contributed by atoms with Crippen molar-refractivity contribution in [3.63, 3.8) is 0 Å². The second kappa shape index (κ2) is 8.10. The van der Waals surface area contributed by atoms with Gasteiger partial charge >= 0.3 is 0 Å². The molecule has 0 radical (unpaired) electrons. The molecule has 0 bridgehead atoms. The zero-order valence-corrected chi connectivity index (χ0v) is 12.3. The average molecular weight is 240 g/mol. The molecule has 1 aliphatic rings. The van der Waals surface area contributed by atoms with Gasteiger partial charge in [0, 0.05) is 6.04 Å². The number of nitrogens with one attached hydrogen (secondary N) is 1. The Kier molecular flexibility index (Phi) is 7.14. The Labute approximate surface area is 108 Å². The Morgan fingerprint density at radius 3 is 2.65 bits per heavy atom. The van der Waals surface area contributed by atoms with E-state index in [4.69, 9.17) is 0 Å². The number of likely N-dealkylation sites (tertiary alicyclic amines) is 1. The molecule has 102 valence electrons. The fraction of sp³-hybridized carbons (Fsp3) is 1.00. The fourth-order valence-electron chi connectivity index (χ4n) is 2.61. The highest BCUT2D eigenvalue weighted by Crippen LogP contribution is 2.18. The highest BCUT2D eigenvalue weighted by Gasteiger charge is 2.17. The molecule has 0 aliphatic carbocycles. The monoisotopic (exact) mass is 240 g/mol. The van der Waals surface area contributed by atoms with Crippen molar-refractivity contribution in [3.8, 4) is 0 Å². The van der Waals surface area contributed by atoms with E-state index in [1.165, 1.54) is 45.3 Å². The van der Waals surface area contributed by atoms with Crippen LogP contribution in [0.3, 0.4) is 0 Å². The minimum atomic E-state index is 0.750. The largest absolute Gasteiger partial charge is 0.316 e. The lowest BCUT2D eigenvalue weighted by atomic mass is 10.0. The zero-order valence-electron chi connectivity index (χ0n) is 12.3. The molecule has 2 atom stereocenters. The van der Waals surface area contributed by atoms with Crippen LogP contribution in [0, 0.1) is 11.8 Å². The molecule has 1 N–H and O–H groups in total. The Hall–Kier alpha value is -0.0800. The summed E-state index contributed by atoms with van der Waals surface area (Å²) in [7, 11) is 0. The van der Waals surface area contributed by atoms with Crippen molar-refractivity contribution in [1.29, 1.82) is 0 Å². The van der Waals surface area contributed by atoms with Gasteiger partial charge in [-0.05, 0) is 70.6 Å². The van der Waals surface area contributed by atoms with Gasteiger partial charge in [0.2, 0.25) is 0 Å². The Morgan fingerprint density at radius 2 is 1.94 bits per heavy atom. The summed E-state index contributed by atoms with van der Waals surface area (Å²) in [5.74, 6) is 1.70. The predicted octanol–water partition coefficient (Wildman–Crippen LogP) is 3.13. The third-order valence-electron chi connectivity index (χ3n) is 3.97. The molecular formula is C15H32N2. The second-order valence-electron chi connectivity index (χ2n) is 6.31. The maximum absolute atomic E-state index is 3.55. The molecule has 2 unspecified atom stereocenters. The molecule has 2 nitrogen and oxygen atoms in total. The summed E-state index contributed by atoms with van der Waals surface area (Å²) in [6.07, 6.45) is 5.50. The average Bonchev–Trinajstić information content (AvgIpc) is 2.49. The van der Waals surface area contributed by atoms with Gasteiger partial charge in [0.15, 0.2) is 0 Å². The van der Waals surface area contributed by atoms with Gasteiger partial charge in [-0.25, -0.2) is 0 Å². The van der Waals surface area contributed by atoms with E-state index in [1.807, 2.05) is 0 Å². The number of rotatable bonds is 6. The molecule has 0 aromatic heterocycles. The van der Waals surface area contributed by atoms with E-state index in [0.29, 0.717) is 0 Å². The maximum Gasteiger partial charge on any atom is 0.00790 e. The lowest BCUT2D eigenvalue weighted by molar-refractivity contribution is 0.204. The molecule has 1 fully saturated rings. The third-order valence-corrected chi connectivity index (χ3v) is 3.97. The molecule has 1 heterocycles. The third kappa shape index (κ3) is 6.42. The van der Waals surface area contributed by atoms with Crippen molar-refractivity contribution >= 4 is 0 Å². The van der Waals surface area contributed by atoms with Gasteiger partial charge in [-0.2, -0.15) is 0 Å². The first-order chi connectivity index (χ1) is 8.09. The summed E-state index contributed by atoms with van der Waals surface area (Å²) in [4.78, 5) is 2.69. The smallest absolute Gasteiger partial charge is 0.00790 e. The molecule has 0 amide bonds. The van der Waals surface area contributed by atoms with Crippen LogP contribution in [0.25, 0.3) is 0 Å². The van der Waals surface area contributed by atoms with Crippen molar-refractivity contribution in [2.24, 2.45) is 11.8 Å². The Bertz CT molecular complexity index is 191. The molecule has 0 spiro atoms.